The molecule has 1 aliphatic rings. The molecule has 0 spiro atoms. The fourth-order valence-electron chi connectivity index (χ4n) is 3.29. The number of benzene rings is 1. The number of rotatable bonds is 5. The number of likely N-dealkylation sites (tertiary alicyclic amines) is 1. The molecule has 6 heteroatoms. The first kappa shape index (κ1) is 16.4. The highest BCUT2D eigenvalue weighted by Crippen LogP contribution is 2.28. The van der Waals surface area contributed by atoms with E-state index >= 15 is 0 Å². The van der Waals surface area contributed by atoms with E-state index in [0.29, 0.717) is 36.9 Å². The molecule has 6 nitrogen and oxygen atoms in total. The molecular formula is C20H20N4O2. The molecule has 1 aliphatic heterocycles. The van der Waals surface area contributed by atoms with Crippen molar-refractivity contribution in [3.8, 4) is 11.5 Å². The third kappa shape index (κ3) is 3.49. The highest BCUT2D eigenvalue weighted by molar-refractivity contribution is 5.79. The molecule has 0 radical (unpaired) electrons. The molecule has 1 fully saturated rings. The zero-order valence-corrected chi connectivity index (χ0v) is 14.6. The highest BCUT2D eigenvalue weighted by Gasteiger charge is 2.34. The van der Waals surface area contributed by atoms with Crippen LogP contribution in [0.1, 0.15) is 29.4 Å². The van der Waals surface area contributed by atoms with Gasteiger partial charge in [0.15, 0.2) is 0 Å². The predicted octanol–water partition coefficient (Wildman–Crippen LogP) is 3.00. The van der Waals surface area contributed by atoms with Crippen LogP contribution in [0, 0.1) is 6.92 Å². The Morgan fingerprint density at radius 2 is 2.15 bits per heavy atom. The van der Waals surface area contributed by atoms with Crippen molar-refractivity contribution in [2.75, 3.05) is 13.1 Å². The number of amides is 1. The third-order valence-electron chi connectivity index (χ3n) is 4.65. The maximum Gasteiger partial charge on any atom is 0.232 e. The molecule has 0 saturated carbocycles. The number of hydrogen-bond donors (Lipinski definition) is 0. The zero-order valence-electron chi connectivity index (χ0n) is 14.6. The lowest BCUT2D eigenvalue weighted by atomic mass is 10.1. The average molecular weight is 348 g/mol. The lowest BCUT2D eigenvalue weighted by molar-refractivity contribution is -0.127. The maximum atomic E-state index is 12.3. The van der Waals surface area contributed by atoms with Crippen LogP contribution in [0.15, 0.2) is 53.2 Å². The SMILES string of the molecule is Cc1cccc(CCN2CC(c3nc(-c4ccccn4)no3)CC2=O)c1. The highest BCUT2D eigenvalue weighted by atomic mass is 16.5. The summed E-state index contributed by atoms with van der Waals surface area (Å²) in [7, 11) is 0. The van der Waals surface area contributed by atoms with Gasteiger partial charge in [-0.2, -0.15) is 4.98 Å². The zero-order chi connectivity index (χ0) is 17.9. The number of pyridine rings is 1. The van der Waals surface area contributed by atoms with Gasteiger partial charge in [-0.3, -0.25) is 9.78 Å². The van der Waals surface area contributed by atoms with E-state index < -0.39 is 0 Å². The van der Waals surface area contributed by atoms with Crippen LogP contribution >= 0.6 is 0 Å². The molecule has 1 aromatic carbocycles. The molecule has 0 N–H and O–H groups in total. The Kier molecular flexibility index (Phi) is 4.48. The molecule has 3 heterocycles. The molecule has 1 amide bonds. The minimum atomic E-state index is -0.0510. The topological polar surface area (TPSA) is 72.1 Å². The lowest BCUT2D eigenvalue weighted by Crippen LogP contribution is -2.27. The van der Waals surface area contributed by atoms with Crippen LogP contribution in [-0.4, -0.2) is 39.0 Å². The minimum absolute atomic E-state index is 0.0510. The van der Waals surface area contributed by atoms with Crippen molar-refractivity contribution in [1.29, 1.82) is 0 Å². The van der Waals surface area contributed by atoms with Gasteiger partial charge in [0.05, 0.1) is 5.92 Å². The Labute approximate surface area is 151 Å². The summed E-state index contributed by atoms with van der Waals surface area (Å²) in [4.78, 5) is 22.9. The van der Waals surface area contributed by atoms with Gasteiger partial charge in [-0.15, -0.1) is 0 Å². The average Bonchev–Trinajstić information content (AvgIpc) is 3.28. The first-order valence-electron chi connectivity index (χ1n) is 8.77. The summed E-state index contributed by atoms with van der Waals surface area (Å²) in [5.74, 6) is 1.06. The molecular weight excluding hydrogens is 328 g/mol. The van der Waals surface area contributed by atoms with E-state index in [1.54, 1.807) is 6.20 Å². The molecule has 1 saturated heterocycles. The van der Waals surface area contributed by atoms with Gasteiger partial charge < -0.3 is 9.42 Å². The number of hydrogen-bond acceptors (Lipinski definition) is 5. The molecule has 3 aromatic rings. The van der Waals surface area contributed by atoms with E-state index in [2.05, 4.69) is 46.3 Å². The molecule has 2 aromatic heterocycles. The van der Waals surface area contributed by atoms with Gasteiger partial charge >= 0.3 is 0 Å². The second kappa shape index (κ2) is 7.07. The van der Waals surface area contributed by atoms with E-state index in [9.17, 15) is 4.79 Å². The Morgan fingerprint density at radius 1 is 1.23 bits per heavy atom. The Hall–Kier alpha value is -3.02. The number of nitrogens with zero attached hydrogens (tertiary/aromatic N) is 4. The van der Waals surface area contributed by atoms with E-state index in [1.165, 1.54) is 11.1 Å². The van der Waals surface area contributed by atoms with E-state index in [0.717, 1.165) is 6.42 Å². The van der Waals surface area contributed by atoms with Gasteiger partial charge in [-0.05, 0) is 31.0 Å². The summed E-state index contributed by atoms with van der Waals surface area (Å²) in [6.45, 7) is 3.41. The van der Waals surface area contributed by atoms with Crippen molar-refractivity contribution in [3.05, 3.63) is 65.7 Å². The van der Waals surface area contributed by atoms with E-state index in [1.807, 2.05) is 23.1 Å². The summed E-state index contributed by atoms with van der Waals surface area (Å²) < 4.78 is 5.40. The molecule has 4 rings (SSSR count). The molecule has 1 atom stereocenters. The molecule has 0 bridgehead atoms. The first-order chi connectivity index (χ1) is 12.7. The summed E-state index contributed by atoms with van der Waals surface area (Å²) in [5, 5.41) is 4.01. The quantitative estimate of drug-likeness (QED) is 0.709. The van der Waals surface area contributed by atoms with Crippen LogP contribution in [0.2, 0.25) is 0 Å². The van der Waals surface area contributed by atoms with Gasteiger partial charge in [0.1, 0.15) is 5.69 Å². The molecule has 0 aliphatic carbocycles. The molecule has 1 unspecified atom stereocenters. The van der Waals surface area contributed by atoms with Crippen molar-refractivity contribution >= 4 is 5.91 Å². The standard InChI is InChI=1S/C20H20N4O2/c1-14-5-4-6-15(11-14)8-10-24-13-16(12-18(24)25)20-22-19(23-26-20)17-7-2-3-9-21-17/h2-7,9,11,16H,8,10,12-13H2,1H3. The van der Waals surface area contributed by atoms with Crippen LogP contribution < -0.4 is 0 Å². The van der Waals surface area contributed by atoms with Crippen LogP contribution in [0.25, 0.3) is 11.5 Å². The van der Waals surface area contributed by atoms with Crippen LogP contribution in [0.3, 0.4) is 0 Å². The van der Waals surface area contributed by atoms with Gasteiger partial charge in [-0.25, -0.2) is 0 Å². The number of aromatic nitrogens is 3. The largest absolute Gasteiger partial charge is 0.342 e. The van der Waals surface area contributed by atoms with Crippen LogP contribution in [0.5, 0.6) is 0 Å². The van der Waals surface area contributed by atoms with Gasteiger partial charge in [0.25, 0.3) is 0 Å². The summed E-state index contributed by atoms with van der Waals surface area (Å²) >= 11 is 0. The van der Waals surface area contributed by atoms with Crippen molar-refractivity contribution in [2.45, 2.75) is 25.7 Å². The summed E-state index contributed by atoms with van der Waals surface area (Å²) in [6, 6.07) is 13.9. The smallest absolute Gasteiger partial charge is 0.232 e. The Balaban J connectivity index is 1.41. The predicted molar refractivity (Wildman–Crippen MR) is 96.4 cm³/mol. The second-order valence-electron chi connectivity index (χ2n) is 6.65. The van der Waals surface area contributed by atoms with E-state index in [4.69, 9.17) is 4.52 Å². The van der Waals surface area contributed by atoms with Crippen LogP contribution in [0.4, 0.5) is 0 Å². The normalized spacial score (nSPS) is 17.0. The second-order valence-corrected chi connectivity index (χ2v) is 6.65. The lowest BCUT2D eigenvalue weighted by Gasteiger charge is -2.16. The van der Waals surface area contributed by atoms with Crippen molar-refractivity contribution in [1.82, 2.24) is 20.0 Å². The number of aryl methyl sites for hydroxylation is 1. The summed E-state index contributed by atoms with van der Waals surface area (Å²) in [6.07, 6.45) is 2.96. The summed E-state index contributed by atoms with van der Waals surface area (Å²) in [5.41, 5.74) is 3.15. The monoisotopic (exact) mass is 348 g/mol. The van der Waals surface area contributed by atoms with Crippen LogP contribution in [-0.2, 0) is 11.2 Å². The fraction of sp³-hybridized carbons (Fsp3) is 0.300. The molecule has 26 heavy (non-hydrogen) atoms. The van der Waals surface area contributed by atoms with E-state index in [-0.39, 0.29) is 11.8 Å². The van der Waals surface area contributed by atoms with Gasteiger partial charge in [-0.1, -0.05) is 41.1 Å². The van der Waals surface area contributed by atoms with Crippen molar-refractivity contribution < 1.29 is 9.32 Å². The first-order valence-corrected chi connectivity index (χ1v) is 8.77. The Morgan fingerprint density at radius 3 is 2.96 bits per heavy atom. The minimum Gasteiger partial charge on any atom is -0.342 e. The Bertz CT molecular complexity index is 907. The van der Waals surface area contributed by atoms with Gasteiger partial charge in [0, 0.05) is 25.7 Å². The molecule has 132 valence electrons. The van der Waals surface area contributed by atoms with Crippen molar-refractivity contribution in [3.63, 3.8) is 0 Å². The van der Waals surface area contributed by atoms with Gasteiger partial charge in [0.2, 0.25) is 17.6 Å². The maximum absolute atomic E-state index is 12.3. The number of carbonyl (C=O) groups is 1. The third-order valence-corrected chi connectivity index (χ3v) is 4.65. The number of carbonyl (C=O) groups excluding carboxylic acids is 1. The van der Waals surface area contributed by atoms with Crippen molar-refractivity contribution in [2.24, 2.45) is 0 Å². The fourth-order valence-corrected chi connectivity index (χ4v) is 3.29.